The van der Waals surface area contributed by atoms with Gasteiger partial charge < -0.3 is 14.7 Å². The van der Waals surface area contributed by atoms with Gasteiger partial charge in [-0.2, -0.15) is 5.10 Å². The molecule has 2 atom stereocenters. The molecule has 1 aliphatic carbocycles. The van der Waals surface area contributed by atoms with Crippen LogP contribution in [0.15, 0.2) is 47.3 Å². The van der Waals surface area contributed by atoms with Gasteiger partial charge in [0.15, 0.2) is 0 Å². The van der Waals surface area contributed by atoms with Gasteiger partial charge in [-0.05, 0) is 24.5 Å². The maximum absolute atomic E-state index is 12.2. The van der Waals surface area contributed by atoms with Crippen molar-refractivity contribution in [2.75, 3.05) is 25.1 Å². The molecule has 0 bridgehead atoms. The van der Waals surface area contributed by atoms with Gasteiger partial charge >= 0.3 is 0 Å². The molecule has 26 heavy (non-hydrogen) atoms. The van der Waals surface area contributed by atoms with Gasteiger partial charge in [0, 0.05) is 38.1 Å². The maximum atomic E-state index is 12.2. The average molecular weight is 355 g/mol. The van der Waals surface area contributed by atoms with Crippen LogP contribution in [0, 0.1) is 5.41 Å². The lowest BCUT2D eigenvalue weighted by atomic mass is 9.58. The third-order valence-corrected chi connectivity index (χ3v) is 6.07. The largest absolute Gasteiger partial charge is 0.392 e. The summed E-state index contributed by atoms with van der Waals surface area (Å²) < 4.78 is 7.07. The lowest BCUT2D eigenvalue weighted by molar-refractivity contribution is -0.190. The highest BCUT2D eigenvalue weighted by molar-refractivity contribution is 5.38. The van der Waals surface area contributed by atoms with Crippen LogP contribution in [-0.2, 0) is 11.3 Å². The van der Waals surface area contributed by atoms with E-state index in [2.05, 4.69) is 10.00 Å². The molecule has 2 aliphatic rings. The SMILES string of the molecule is CO[C@@H]1C[C@H](O)C12CCN(c1ccc(=O)n(Cc3ccccc3)n1)CC2. The van der Waals surface area contributed by atoms with E-state index in [9.17, 15) is 9.90 Å². The first-order chi connectivity index (χ1) is 12.6. The Morgan fingerprint density at radius 2 is 1.92 bits per heavy atom. The van der Waals surface area contributed by atoms with Crippen LogP contribution in [0.3, 0.4) is 0 Å². The van der Waals surface area contributed by atoms with E-state index in [0.717, 1.165) is 43.7 Å². The quantitative estimate of drug-likeness (QED) is 0.903. The summed E-state index contributed by atoms with van der Waals surface area (Å²) in [4.78, 5) is 14.4. The molecule has 6 heteroatoms. The van der Waals surface area contributed by atoms with Crippen molar-refractivity contribution >= 4 is 5.82 Å². The molecular weight excluding hydrogens is 330 g/mol. The molecule has 1 saturated carbocycles. The van der Waals surface area contributed by atoms with Gasteiger partial charge in [-0.25, -0.2) is 4.68 Å². The smallest absolute Gasteiger partial charge is 0.267 e. The second-order valence-electron chi connectivity index (χ2n) is 7.37. The van der Waals surface area contributed by atoms with Crippen molar-refractivity contribution in [1.82, 2.24) is 9.78 Å². The number of methoxy groups -OCH3 is 1. The van der Waals surface area contributed by atoms with Crippen LogP contribution in [0.1, 0.15) is 24.8 Å². The first-order valence-corrected chi connectivity index (χ1v) is 9.20. The molecule has 6 nitrogen and oxygen atoms in total. The molecule has 1 aromatic carbocycles. The van der Waals surface area contributed by atoms with E-state index in [1.54, 1.807) is 19.2 Å². The van der Waals surface area contributed by atoms with Crippen molar-refractivity contribution in [2.45, 2.75) is 38.0 Å². The summed E-state index contributed by atoms with van der Waals surface area (Å²) in [6.07, 6.45) is 2.38. The molecule has 1 saturated heterocycles. The monoisotopic (exact) mass is 355 g/mol. The number of aromatic nitrogens is 2. The second-order valence-corrected chi connectivity index (χ2v) is 7.37. The minimum absolute atomic E-state index is 0.0973. The highest BCUT2D eigenvalue weighted by Crippen LogP contribution is 2.50. The number of nitrogens with zero attached hydrogens (tertiary/aromatic N) is 3. The lowest BCUT2D eigenvalue weighted by Gasteiger charge is -2.56. The van der Waals surface area contributed by atoms with Gasteiger partial charge in [-0.1, -0.05) is 30.3 Å². The molecule has 0 unspecified atom stereocenters. The highest BCUT2D eigenvalue weighted by atomic mass is 16.5. The van der Waals surface area contributed by atoms with Crippen LogP contribution in [-0.4, -0.2) is 47.3 Å². The summed E-state index contributed by atoms with van der Waals surface area (Å²) >= 11 is 0. The van der Waals surface area contributed by atoms with Crippen molar-refractivity contribution in [1.29, 1.82) is 0 Å². The highest BCUT2D eigenvalue weighted by Gasteiger charge is 2.55. The fourth-order valence-corrected chi connectivity index (χ4v) is 4.34. The Hall–Kier alpha value is -2.18. The Bertz CT molecular complexity index is 813. The Morgan fingerprint density at radius 3 is 2.58 bits per heavy atom. The lowest BCUT2D eigenvalue weighted by Crippen LogP contribution is -2.62. The van der Waals surface area contributed by atoms with Gasteiger partial charge in [-0.3, -0.25) is 4.79 Å². The number of aliphatic hydroxyl groups excluding tert-OH is 1. The number of hydrogen-bond acceptors (Lipinski definition) is 5. The van der Waals surface area contributed by atoms with E-state index in [0.29, 0.717) is 6.54 Å². The summed E-state index contributed by atoms with van der Waals surface area (Å²) in [7, 11) is 1.73. The maximum Gasteiger partial charge on any atom is 0.267 e. The Morgan fingerprint density at radius 1 is 1.19 bits per heavy atom. The first kappa shape index (κ1) is 17.2. The Kier molecular flexibility index (Phi) is 4.54. The van der Waals surface area contributed by atoms with Gasteiger partial charge in [0.1, 0.15) is 5.82 Å². The van der Waals surface area contributed by atoms with Crippen LogP contribution in [0.25, 0.3) is 0 Å². The van der Waals surface area contributed by atoms with Crippen LogP contribution >= 0.6 is 0 Å². The molecule has 2 fully saturated rings. The van der Waals surface area contributed by atoms with Crippen LogP contribution < -0.4 is 10.5 Å². The Balaban J connectivity index is 1.49. The average Bonchev–Trinajstić information content (AvgIpc) is 2.68. The van der Waals surface area contributed by atoms with Crippen molar-refractivity contribution in [3.8, 4) is 0 Å². The molecule has 2 aromatic rings. The number of ether oxygens (including phenoxy) is 1. The molecule has 1 spiro atoms. The molecule has 1 aromatic heterocycles. The third-order valence-electron chi connectivity index (χ3n) is 6.07. The Labute approximate surface area is 153 Å². The number of aliphatic hydroxyl groups is 1. The van der Waals surface area contributed by atoms with Crippen LogP contribution in [0.2, 0.25) is 0 Å². The number of anilines is 1. The molecule has 1 N–H and O–H groups in total. The minimum atomic E-state index is -0.269. The van der Waals surface area contributed by atoms with Crippen molar-refractivity contribution in [3.63, 3.8) is 0 Å². The van der Waals surface area contributed by atoms with Crippen LogP contribution in [0.4, 0.5) is 5.82 Å². The molecule has 4 rings (SSSR count). The molecule has 2 heterocycles. The first-order valence-electron chi connectivity index (χ1n) is 9.20. The normalized spacial score (nSPS) is 24.5. The predicted octanol–water partition coefficient (Wildman–Crippen LogP) is 1.66. The predicted molar refractivity (Wildman–Crippen MR) is 99.3 cm³/mol. The summed E-state index contributed by atoms with van der Waals surface area (Å²) in [6, 6.07) is 13.3. The molecule has 0 radical (unpaired) electrons. The fourth-order valence-electron chi connectivity index (χ4n) is 4.34. The summed E-state index contributed by atoms with van der Waals surface area (Å²) in [5.74, 6) is 0.818. The van der Waals surface area contributed by atoms with E-state index in [-0.39, 0.29) is 23.2 Å². The summed E-state index contributed by atoms with van der Waals surface area (Å²) in [5.41, 5.74) is 0.848. The van der Waals surface area contributed by atoms with E-state index < -0.39 is 0 Å². The van der Waals surface area contributed by atoms with Gasteiger partial charge in [0.2, 0.25) is 0 Å². The van der Waals surface area contributed by atoms with Crippen molar-refractivity contribution in [2.24, 2.45) is 5.41 Å². The van der Waals surface area contributed by atoms with Gasteiger partial charge in [0.25, 0.3) is 5.56 Å². The van der Waals surface area contributed by atoms with E-state index >= 15 is 0 Å². The summed E-state index contributed by atoms with van der Waals surface area (Å²) in [5, 5.41) is 14.8. The van der Waals surface area contributed by atoms with E-state index in [1.807, 2.05) is 30.3 Å². The zero-order valence-electron chi connectivity index (χ0n) is 15.0. The van der Waals surface area contributed by atoms with Gasteiger partial charge in [0.05, 0.1) is 18.8 Å². The number of rotatable bonds is 4. The van der Waals surface area contributed by atoms with Crippen molar-refractivity contribution < 1.29 is 9.84 Å². The molecule has 0 amide bonds. The second kappa shape index (κ2) is 6.85. The standard InChI is InChI=1S/C20H25N3O3/c1-26-17-13-16(24)20(17)9-11-22(12-10-20)18-7-8-19(25)23(21-18)14-15-5-3-2-4-6-15/h2-8,16-17,24H,9-14H2,1H3/t16-,17+/m0/s1. The molecular formula is C20H25N3O3. The van der Waals surface area contributed by atoms with Crippen LogP contribution in [0.5, 0.6) is 0 Å². The molecule has 138 valence electrons. The van der Waals surface area contributed by atoms with E-state index in [4.69, 9.17) is 4.74 Å². The fraction of sp³-hybridized carbons (Fsp3) is 0.500. The number of benzene rings is 1. The van der Waals surface area contributed by atoms with Crippen molar-refractivity contribution in [3.05, 3.63) is 58.4 Å². The van der Waals surface area contributed by atoms with Gasteiger partial charge in [-0.15, -0.1) is 0 Å². The number of piperidine rings is 1. The zero-order chi connectivity index (χ0) is 18.1. The number of hydrogen-bond donors (Lipinski definition) is 1. The summed E-state index contributed by atoms with van der Waals surface area (Å²) in [6.45, 7) is 2.09. The zero-order valence-corrected chi connectivity index (χ0v) is 15.0. The topological polar surface area (TPSA) is 67.6 Å². The minimum Gasteiger partial charge on any atom is -0.392 e. The van der Waals surface area contributed by atoms with E-state index in [1.165, 1.54) is 4.68 Å². The third kappa shape index (κ3) is 2.93. The molecule has 1 aliphatic heterocycles.